The van der Waals surface area contributed by atoms with Gasteiger partial charge in [0.05, 0.1) is 5.56 Å². The summed E-state index contributed by atoms with van der Waals surface area (Å²) in [5.74, 6) is -0.0857. The first-order valence-electron chi connectivity index (χ1n) is 11.7. The van der Waals surface area contributed by atoms with Crippen molar-refractivity contribution in [2.24, 2.45) is 7.05 Å². The number of aryl methyl sites for hydroxylation is 2. The molecule has 1 aromatic heterocycles. The van der Waals surface area contributed by atoms with Gasteiger partial charge in [-0.1, -0.05) is 49.1 Å². The lowest BCUT2D eigenvalue weighted by molar-refractivity contribution is 0.0890. The maximum Gasteiger partial charge on any atom is 0.252 e. The minimum atomic E-state index is -0.102. The second kappa shape index (κ2) is 9.39. The van der Waals surface area contributed by atoms with Crippen LogP contribution in [0, 0.1) is 6.92 Å². The van der Waals surface area contributed by atoms with E-state index in [4.69, 9.17) is 0 Å². The zero-order valence-electron chi connectivity index (χ0n) is 18.9. The Morgan fingerprint density at radius 3 is 2.35 bits per heavy atom. The van der Waals surface area contributed by atoms with Gasteiger partial charge in [0, 0.05) is 50.4 Å². The van der Waals surface area contributed by atoms with E-state index in [1.54, 1.807) is 19.3 Å². The molecule has 1 saturated carbocycles. The zero-order valence-corrected chi connectivity index (χ0v) is 18.9. The van der Waals surface area contributed by atoms with Crippen LogP contribution >= 0.6 is 0 Å². The Hall–Kier alpha value is -2.40. The molecular formula is C26H35N3O2. The van der Waals surface area contributed by atoms with Gasteiger partial charge in [-0.05, 0) is 44.2 Å². The van der Waals surface area contributed by atoms with Crippen LogP contribution in [0.3, 0.4) is 0 Å². The van der Waals surface area contributed by atoms with E-state index >= 15 is 0 Å². The van der Waals surface area contributed by atoms with Crippen molar-refractivity contribution in [3.8, 4) is 0 Å². The molecule has 2 aliphatic rings. The molecular weight excluding hydrogens is 386 g/mol. The number of benzene rings is 1. The van der Waals surface area contributed by atoms with Gasteiger partial charge < -0.3 is 14.8 Å². The van der Waals surface area contributed by atoms with Crippen molar-refractivity contribution in [2.45, 2.75) is 63.3 Å². The summed E-state index contributed by atoms with van der Waals surface area (Å²) in [4.78, 5) is 26.8. The van der Waals surface area contributed by atoms with Crippen LogP contribution in [0.1, 0.15) is 66.4 Å². The predicted octanol–water partition coefficient (Wildman–Crippen LogP) is 3.79. The Kier molecular flexibility index (Phi) is 6.61. The standard InChI is InChI=1S/C26H35N3O2/c1-20-6-9-22(10-7-20)26(14-4-3-5-15-26)19-29-16-12-23(13-17-29)27-25(31)21-8-11-24(30)28(2)18-21/h6-11,18,23H,3-5,12-17,19H2,1-2H3,(H,27,31). The van der Waals surface area contributed by atoms with E-state index in [1.165, 1.54) is 53.9 Å². The van der Waals surface area contributed by atoms with Crippen LogP contribution in [0.25, 0.3) is 0 Å². The number of hydrogen-bond acceptors (Lipinski definition) is 3. The van der Waals surface area contributed by atoms with E-state index in [0.29, 0.717) is 5.56 Å². The summed E-state index contributed by atoms with van der Waals surface area (Å²) < 4.78 is 1.45. The fourth-order valence-electron chi connectivity index (χ4n) is 5.33. The lowest BCUT2D eigenvalue weighted by Gasteiger charge is -2.44. The van der Waals surface area contributed by atoms with E-state index in [2.05, 4.69) is 41.4 Å². The highest BCUT2D eigenvalue weighted by molar-refractivity contribution is 5.94. The van der Waals surface area contributed by atoms with Crippen LogP contribution in [0.2, 0.25) is 0 Å². The van der Waals surface area contributed by atoms with Gasteiger partial charge in [-0.25, -0.2) is 0 Å². The highest BCUT2D eigenvalue weighted by atomic mass is 16.2. The third-order valence-corrected chi connectivity index (χ3v) is 7.27. The number of nitrogens with zero attached hydrogens (tertiary/aromatic N) is 2. The predicted molar refractivity (Wildman–Crippen MR) is 125 cm³/mol. The van der Waals surface area contributed by atoms with Gasteiger partial charge in [0.1, 0.15) is 0 Å². The zero-order chi connectivity index (χ0) is 21.8. The first-order chi connectivity index (χ1) is 14.9. The fraction of sp³-hybridized carbons (Fsp3) is 0.538. The van der Waals surface area contributed by atoms with Crippen LogP contribution in [-0.2, 0) is 12.5 Å². The summed E-state index contributed by atoms with van der Waals surface area (Å²) in [6, 6.07) is 12.5. The summed E-state index contributed by atoms with van der Waals surface area (Å²) in [5, 5.41) is 3.17. The first-order valence-corrected chi connectivity index (χ1v) is 11.7. The van der Waals surface area contributed by atoms with Gasteiger partial charge in [0.15, 0.2) is 0 Å². The summed E-state index contributed by atoms with van der Waals surface area (Å²) in [5.41, 5.74) is 3.55. The Balaban J connectivity index is 1.36. The van der Waals surface area contributed by atoms with Crippen molar-refractivity contribution in [1.29, 1.82) is 0 Å². The maximum absolute atomic E-state index is 12.6. The summed E-state index contributed by atoms with van der Waals surface area (Å²) in [6.45, 7) is 5.32. The lowest BCUT2D eigenvalue weighted by atomic mass is 9.69. The number of carbonyl (C=O) groups is 1. The van der Waals surface area contributed by atoms with E-state index in [0.717, 1.165) is 32.5 Å². The molecule has 1 saturated heterocycles. The van der Waals surface area contributed by atoms with Gasteiger partial charge in [-0.15, -0.1) is 0 Å². The highest BCUT2D eigenvalue weighted by Crippen LogP contribution is 2.40. The van der Waals surface area contributed by atoms with Crippen LogP contribution < -0.4 is 10.9 Å². The van der Waals surface area contributed by atoms with Crippen molar-refractivity contribution in [3.05, 3.63) is 69.6 Å². The number of hydrogen-bond donors (Lipinski definition) is 1. The van der Waals surface area contributed by atoms with Crippen LogP contribution in [0.5, 0.6) is 0 Å². The summed E-state index contributed by atoms with van der Waals surface area (Å²) >= 11 is 0. The Morgan fingerprint density at radius 2 is 1.71 bits per heavy atom. The normalized spacial score (nSPS) is 19.8. The minimum absolute atomic E-state index is 0.0857. The molecule has 0 radical (unpaired) electrons. The molecule has 5 heteroatoms. The molecule has 0 unspecified atom stereocenters. The molecule has 2 heterocycles. The molecule has 1 aromatic carbocycles. The quantitative estimate of drug-likeness (QED) is 0.799. The first kappa shape index (κ1) is 21.8. The van der Waals surface area contributed by atoms with Crippen molar-refractivity contribution in [3.63, 3.8) is 0 Å². The van der Waals surface area contributed by atoms with Crippen LogP contribution in [0.4, 0.5) is 0 Å². The average Bonchev–Trinajstić information content (AvgIpc) is 2.78. The molecule has 1 N–H and O–H groups in total. The van der Waals surface area contributed by atoms with Gasteiger partial charge in [-0.2, -0.15) is 0 Å². The molecule has 1 amide bonds. The van der Waals surface area contributed by atoms with Gasteiger partial charge >= 0.3 is 0 Å². The molecule has 166 valence electrons. The molecule has 2 fully saturated rings. The van der Waals surface area contributed by atoms with Gasteiger partial charge in [0.25, 0.3) is 5.91 Å². The number of amides is 1. The number of aromatic nitrogens is 1. The maximum atomic E-state index is 12.6. The summed E-state index contributed by atoms with van der Waals surface area (Å²) in [7, 11) is 1.67. The number of piperidine rings is 1. The lowest BCUT2D eigenvalue weighted by Crippen LogP contribution is -2.49. The Bertz CT molecular complexity index is 949. The number of carbonyl (C=O) groups excluding carboxylic acids is 1. The molecule has 5 nitrogen and oxygen atoms in total. The van der Waals surface area contributed by atoms with Gasteiger partial charge in [-0.3, -0.25) is 9.59 Å². The fourth-order valence-corrected chi connectivity index (χ4v) is 5.33. The summed E-state index contributed by atoms with van der Waals surface area (Å²) in [6.07, 6.45) is 10.1. The Morgan fingerprint density at radius 1 is 1.03 bits per heavy atom. The molecule has 0 bridgehead atoms. The molecule has 2 aromatic rings. The molecule has 4 rings (SSSR count). The van der Waals surface area contributed by atoms with Crippen molar-refractivity contribution in [2.75, 3.05) is 19.6 Å². The number of nitrogens with one attached hydrogen (secondary N) is 1. The van der Waals surface area contributed by atoms with Crippen LogP contribution in [-0.4, -0.2) is 41.1 Å². The largest absolute Gasteiger partial charge is 0.349 e. The molecule has 0 atom stereocenters. The molecule has 1 aliphatic carbocycles. The molecule has 0 spiro atoms. The minimum Gasteiger partial charge on any atom is -0.349 e. The number of likely N-dealkylation sites (tertiary alicyclic amines) is 1. The smallest absolute Gasteiger partial charge is 0.252 e. The number of pyridine rings is 1. The topological polar surface area (TPSA) is 54.3 Å². The van der Waals surface area contributed by atoms with E-state index in [9.17, 15) is 9.59 Å². The van der Waals surface area contributed by atoms with Crippen LogP contribution in [0.15, 0.2) is 47.4 Å². The van der Waals surface area contributed by atoms with E-state index in [-0.39, 0.29) is 22.9 Å². The molecule has 1 aliphatic heterocycles. The van der Waals surface area contributed by atoms with Gasteiger partial charge in [0.2, 0.25) is 5.56 Å². The number of rotatable bonds is 5. The van der Waals surface area contributed by atoms with Crippen molar-refractivity contribution < 1.29 is 4.79 Å². The third kappa shape index (κ3) is 5.09. The monoisotopic (exact) mass is 421 g/mol. The molecule has 31 heavy (non-hydrogen) atoms. The van der Waals surface area contributed by atoms with Crippen molar-refractivity contribution >= 4 is 5.91 Å². The third-order valence-electron chi connectivity index (χ3n) is 7.27. The second-order valence-electron chi connectivity index (χ2n) is 9.60. The Labute approximate surface area is 185 Å². The van der Waals surface area contributed by atoms with E-state index < -0.39 is 0 Å². The highest BCUT2D eigenvalue weighted by Gasteiger charge is 2.36. The second-order valence-corrected chi connectivity index (χ2v) is 9.60. The average molecular weight is 422 g/mol. The van der Waals surface area contributed by atoms with Crippen molar-refractivity contribution in [1.82, 2.24) is 14.8 Å². The van der Waals surface area contributed by atoms with E-state index in [1.807, 2.05) is 0 Å². The SMILES string of the molecule is Cc1ccc(C2(CN3CCC(NC(=O)c4ccc(=O)n(C)c4)CC3)CCCCC2)cc1.